The van der Waals surface area contributed by atoms with E-state index >= 15 is 0 Å². The van der Waals surface area contributed by atoms with Gasteiger partial charge in [-0.15, -0.1) is 0 Å². The summed E-state index contributed by atoms with van der Waals surface area (Å²) in [6.45, 7) is 8.25. The summed E-state index contributed by atoms with van der Waals surface area (Å²) in [4.78, 5) is 4.41. The molecule has 0 aliphatic carbocycles. The third-order valence-electron chi connectivity index (χ3n) is 1.59. The van der Waals surface area contributed by atoms with Crippen molar-refractivity contribution in [2.45, 2.75) is 40.5 Å². The van der Waals surface area contributed by atoms with Crippen molar-refractivity contribution in [3.63, 3.8) is 0 Å². The first-order valence-electron chi connectivity index (χ1n) is 4.81. The molecular weight excluding hydrogens is 146 g/mol. The second-order valence-electron chi connectivity index (χ2n) is 2.33. The molecule has 0 fully saturated rings. The lowest BCUT2D eigenvalue weighted by atomic mass is 10.2. The molecule has 68 valence electrons. The topological polar surface area (TPSA) is 12.9 Å². The molecule has 1 heterocycles. The molecule has 1 nitrogen and oxygen atoms in total. The lowest BCUT2D eigenvalue weighted by Gasteiger charge is -1.97. The van der Waals surface area contributed by atoms with E-state index in [0.29, 0.717) is 0 Å². The average molecular weight is 165 g/mol. The molecular formula is C11H19N. The molecule has 1 rings (SSSR count). The van der Waals surface area contributed by atoms with Crippen molar-refractivity contribution in [3.8, 4) is 0 Å². The van der Waals surface area contributed by atoms with Crippen LogP contribution < -0.4 is 0 Å². The standard InChI is InChI=1S/C9H13N.C2H6/c1-3-8-6-5-7-9(4-2)10-8;1-2/h5-7H,3-4H2,1-2H3;1-2H3. The van der Waals surface area contributed by atoms with Gasteiger partial charge in [-0.1, -0.05) is 33.8 Å². The van der Waals surface area contributed by atoms with Gasteiger partial charge in [0.2, 0.25) is 0 Å². The Morgan fingerprint density at radius 3 is 1.75 bits per heavy atom. The highest BCUT2D eigenvalue weighted by Crippen LogP contribution is 1.99. The molecule has 1 heteroatoms. The van der Waals surface area contributed by atoms with Crippen LogP contribution in [0.5, 0.6) is 0 Å². The van der Waals surface area contributed by atoms with E-state index in [1.807, 2.05) is 13.8 Å². The molecule has 12 heavy (non-hydrogen) atoms. The van der Waals surface area contributed by atoms with Crippen molar-refractivity contribution in [2.24, 2.45) is 0 Å². The quantitative estimate of drug-likeness (QED) is 0.655. The Kier molecular flexibility index (Phi) is 6.35. The Bertz CT molecular complexity index is 187. The first-order chi connectivity index (χ1) is 5.86. The minimum absolute atomic E-state index is 1.04. The third kappa shape index (κ3) is 3.51. The van der Waals surface area contributed by atoms with Crippen LogP contribution in [0.25, 0.3) is 0 Å². The van der Waals surface area contributed by atoms with Crippen LogP contribution in [-0.2, 0) is 12.8 Å². The summed E-state index contributed by atoms with van der Waals surface area (Å²) in [5.41, 5.74) is 2.39. The number of hydrogen-bond acceptors (Lipinski definition) is 1. The zero-order valence-electron chi connectivity index (χ0n) is 8.59. The van der Waals surface area contributed by atoms with Crippen molar-refractivity contribution in [2.75, 3.05) is 0 Å². The highest BCUT2D eigenvalue weighted by molar-refractivity contribution is 5.10. The molecule has 0 bridgehead atoms. The third-order valence-corrected chi connectivity index (χ3v) is 1.59. The average Bonchev–Trinajstić information content (AvgIpc) is 2.21. The normalized spacial score (nSPS) is 8.67. The van der Waals surface area contributed by atoms with Crippen molar-refractivity contribution in [1.82, 2.24) is 4.98 Å². The van der Waals surface area contributed by atoms with Gasteiger partial charge >= 0.3 is 0 Å². The minimum Gasteiger partial charge on any atom is -0.258 e. The fourth-order valence-electron chi connectivity index (χ4n) is 0.923. The molecule has 0 aliphatic rings. The molecule has 0 atom stereocenters. The minimum atomic E-state index is 1.04. The molecule has 0 radical (unpaired) electrons. The summed E-state index contributed by atoms with van der Waals surface area (Å²) in [6, 6.07) is 6.21. The van der Waals surface area contributed by atoms with E-state index in [0.717, 1.165) is 12.8 Å². The molecule has 0 amide bonds. The lowest BCUT2D eigenvalue weighted by Crippen LogP contribution is -1.91. The van der Waals surface area contributed by atoms with E-state index in [1.165, 1.54) is 11.4 Å². The van der Waals surface area contributed by atoms with E-state index in [2.05, 4.69) is 37.0 Å². The van der Waals surface area contributed by atoms with E-state index in [9.17, 15) is 0 Å². The second kappa shape index (κ2) is 6.84. The van der Waals surface area contributed by atoms with Gasteiger partial charge in [0.25, 0.3) is 0 Å². The lowest BCUT2D eigenvalue weighted by molar-refractivity contribution is 0.955. The van der Waals surface area contributed by atoms with Gasteiger partial charge in [-0.3, -0.25) is 4.98 Å². The summed E-state index contributed by atoms with van der Waals surface area (Å²) in [5, 5.41) is 0. The Hall–Kier alpha value is -0.850. The van der Waals surface area contributed by atoms with Crippen molar-refractivity contribution in [1.29, 1.82) is 0 Å². The van der Waals surface area contributed by atoms with Gasteiger partial charge in [-0.05, 0) is 25.0 Å². The van der Waals surface area contributed by atoms with Crippen LogP contribution >= 0.6 is 0 Å². The first-order valence-corrected chi connectivity index (χ1v) is 4.81. The fraction of sp³-hybridized carbons (Fsp3) is 0.545. The summed E-state index contributed by atoms with van der Waals surface area (Å²) < 4.78 is 0. The SMILES string of the molecule is CC.CCc1cccc(CC)n1. The summed E-state index contributed by atoms with van der Waals surface area (Å²) in [5.74, 6) is 0. The van der Waals surface area contributed by atoms with Gasteiger partial charge in [0.05, 0.1) is 0 Å². The van der Waals surface area contributed by atoms with Crippen LogP contribution in [0.3, 0.4) is 0 Å². The smallest absolute Gasteiger partial charge is 0.0404 e. The van der Waals surface area contributed by atoms with E-state index in [1.54, 1.807) is 0 Å². The van der Waals surface area contributed by atoms with Crippen LogP contribution in [-0.4, -0.2) is 4.98 Å². The Morgan fingerprint density at radius 2 is 1.42 bits per heavy atom. The highest BCUT2D eigenvalue weighted by Gasteiger charge is 1.91. The van der Waals surface area contributed by atoms with Crippen LogP contribution in [0.15, 0.2) is 18.2 Å². The van der Waals surface area contributed by atoms with E-state index in [4.69, 9.17) is 0 Å². The number of aromatic nitrogens is 1. The van der Waals surface area contributed by atoms with Gasteiger partial charge in [0, 0.05) is 11.4 Å². The van der Waals surface area contributed by atoms with Gasteiger partial charge in [-0.2, -0.15) is 0 Å². The van der Waals surface area contributed by atoms with Gasteiger partial charge in [-0.25, -0.2) is 0 Å². The van der Waals surface area contributed by atoms with Crippen LogP contribution in [0.2, 0.25) is 0 Å². The molecule has 0 unspecified atom stereocenters. The maximum Gasteiger partial charge on any atom is 0.0404 e. The van der Waals surface area contributed by atoms with Gasteiger partial charge in [0.1, 0.15) is 0 Å². The van der Waals surface area contributed by atoms with Crippen molar-refractivity contribution in [3.05, 3.63) is 29.6 Å². The number of nitrogens with zero attached hydrogens (tertiary/aromatic N) is 1. The molecule has 0 aromatic carbocycles. The predicted octanol–water partition coefficient (Wildman–Crippen LogP) is 3.23. The molecule has 0 spiro atoms. The Labute approximate surface area is 75.8 Å². The Balaban J connectivity index is 0.000000561. The van der Waals surface area contributed by atoms with Gasteiger partial charge in [0.15, 0.2) is 0 Å². The molecule has 0 aliphatic heterocycles. The fourth-order valence-corrected chi connectivity index (χ4v) is 0.923. The van der Waals surface area contributed by atoms with Crippen LogP contribution in [0, 0.1) is 0 Å². The van der Waals surface area contributed by atoms with Gasteiger partial charge < -0.3 is 0 Å². The zero-order chi connectivity index (χ0) is 9.40. The second-order valence-corrected chi connectivity index (χ2v) is 2.33. The first kappa shape index (κ1) is 11.2. The number of pyridine rings is 1. The molecule has 0 saturated heterocycles. The maximum absolute atomic E-state index is 4.41. The van der Waals surface area contributed by atoms with Crippen LogP contribution in [0.1, 0.15) is 39.1 Å². The maximum atomic E-state index is 4.41. The number of aryl methyl sites for hydroxylation is 2. The summed E-state index contributed by atoms with van der Waals surface area (Å²) in [7, 11) is 0. The monoisotopic (exact) mass is 165 g/mol. The van der Waals surface area contributed by atoms with Crippen molar-refractivity contribution >= 4 is 0 Å². The number of rotatable bonds is 2. The summed E-state index contributed by atoms with van der Waals surface area (Å²) in [6.07, 6.45) is 2.07. The highest BCUT2D eigenvalue weighted by atomic mass is 14.7. The largest absolute Gasteiger partial charge is 0.258 e. The van der Waals surface area contributed by atoms with Crippen molar-refractivity contribution < 1.29 is 0 Å². The van der Waals surface area contributed by atoms with E-state index < -0.39 is 0 Å². The summed E-state index contributed by atoms with van der Waals surface area (Å²) >= 11 is 0. The van der Waals surface area contributed by atoms with E-state index in [-0.39, 0.29) is 0 Å². The Morgan fingerprint density at radius 1 is 1.00 bits per heavy atom. The number of hydrogen-bond donors (Lipinski definition) is 0. The molecule has 1 aromatic heterocycles. The predicted molar refractivity (Wildman–Crippen MR) is 54.3 cm³/mol. The molecule has 0 N–H and O–H groups in total. The van der Waals surface area contributed by atoms with Crippen LogP contribution in [0.4, 0.5) is 0 Å². The molecule has 1 aromatic rings. The zero-order valence-corrected chi connectivity index (χ0v) is 8.59. The molecule has 0 saturated carbocycles.